The van der Waals surface area contributed by atoms with Gasteiger partial charge in [-0.2, -0.15) is 0 Å². The van der Waals surface area contributed by atoms with E-state index in [4.69, 9.17) is 10.5 Å². The number of nitrogens with zero attached hydrogens (tertiary/aromatic N) is 3. The number of hydrogen-bond acceptors (Lipinski definition) is 7. The number of carbonyl (C=O) groups excluding carboxylic acids is 1. The summed E-state index contributed by atoms with van der Waals surface area (Å²) in [6.45, 7) is 0. The summed E-state index contributed by atoms with van der Waals surface area (Å²) in [5.74, 6) is 1.20. The van der Waals surface area contributed by atoms with E-state index in [9.17, 15) is 4.79 Å². The number of amides is 1. The van der Waals surface area contributed by atoms with E-state index < -0.39 is 6.04 Å². The van der Waals surface area contributed by atoms with Crippen LogP contribution >= 0.6 is 0 Å². The SMILES string of the molecule is CNc1nccc(-c2cccnc2Oc2ccc(NC(=O)C(N)c3ccccc3)cc2)n1. The van der Waals surface area contributed by atoms with E-state index in [1.54, 1.807) is 49.8 Å². The Kier molecular flexibility index (Phi) is 6.33. The maximum atomic E-state index is 12.4. The number of rotatable bonds is 7. The van der Waals surface area contributed by atoms with Gasteiger partial charge in [-0.05, 0) is 48.0 Å². The molecule has 32 heavy (non-hydrogen) atoms. The van der Waals surface area contributed by atoms with Crippen LogP contribution in [0.5, 0.6) is 11.6 Å². The molecule has 8 nitrogen and oxygen atoms in total. The number of pyridine rings is 1. The molecule has 0 aliphatic heterocycles. The molecule has 4 aromatic rings. The summed E-state index contributed by atoms with van der Waals surface area (Å²) in [6, 6.07) is 21.0. The Morgan fingerprint density at radius 1 is 0.938 bits per heavy atom. The molecular weight excluding hydrogens is 404 g/mol. The first-order valence-corrected chi connectivity index (χ1v) is 9.99. The molecular formula is C24H22N6O2. The lowest BCUT2D eigenvalue weighted by Gasteiger charge is -2.13. The maximum Gasteiger partial charge on any atom is 0.245 e. The normalized spacial score (nSPS) is 11.4. The molecule has 4 N–H and O–H groups in total. The van der Waals surface area contributed by atoms with Gasteiger partial charge >= 0.3 is 0 Å². The van der Waals surface area contributed by atoms with Gasteiger partial charge in [0.15, 0.2) is 0 Å². The molecule has 4 rings (SSSR count). The van der Waals surface area contributed by atoms with Gasteiger partial charge in [0.25, 0.3) is 0 Å². The van der Waals surface area contributed by atoms with Crippen LogP contribution in [0, 0.1) is 0 Å². The first kappa shape index (κ1) is 21.0. The number of ether oxygens (including phenoxy) is 1. The first-order chi connectivity index (χ1) is 15.6. The third-order valence-corrected chi connectivity index (χ3v) is 4.70. The van der Waals surface area contributed by atoms with Gasteiger partial charge in [-0.1, -0.05) is 30.3 Å². The van der Waals surface area contributed by atoms with Crippen molar-refractivity contribution in [2.45, 2.75) is 6.04 Å². The van der Waals surface area contributed by atoms with E-state index in [2.05, 4.69) is 25.6 Å². The highest BCUT2D eigenvalue weighted by Gasteiger charge is 2.16. The molecule has 1 amide bonds. The number of carbonyl (C=O) groups is 1. The predicted octanol–water partition coefficient (Wildman–Crippen LogP) is 4.01. The topological polar surface area (TPSA) is 115 Å². The van der Waals surface area contributed by atoms with Crippen molar-refractivity contribution in [1.82, 2.24) is 15.0 Å². The Hall–Kier alpha value is -4.30. The van der Waals surface area contributed by atoms with Gasteiger partial charge < -0.3 is 21.1 Å². The Morgan fingerprint density at radius 3 is 2.47 bits per heavy atom. The predicted molar refractivity (Wildman–Crippen MR) is 123 cm³/mol. The molecule has 0 fully saturated rings. The Morgan fingerprint density at radius 2 is 1.72 bits per heavy atom. The molecule has 0 saturated carbocycles. The summed E-state index contributed by atoms with van der Waals surface area (Å²) in [5.41, 5.74) is 8.84. The highest BCUT2D eigenvalue weighted by molar-refractivity contribution is 5.95. The van der Waals surface area contributed by atoms with Crippen LogP contribution in [-0.2, 0) is 4.79 Å². The molecule has 0 radical (unpaired) electrons. The van der Waals surface area contributed by atoms with Crippen molar-refractivity contribution in [3.63, 3.8) is 0 Å². The van der Waals surface area contributed by atoms with Crippen LogP contribution in [0.1, 0.15) is 11.6 Å². The number of nitrogens with one attached hydrogen (secondary N) is 2. The van der Waals surface area contributed by atoms with Crippen molar-refractivity contribution in [1.29, 1.82) is 0 Å². The number of aromatic nitrogens is 3. The molecule has 1 unspecified atom stereocenters. The second-order valence-corrected chi connectivity index (χ2v) is 6.88. The Bertz CT molecular complexity index is 1200. The molecule has 2 aromatic heterocycles. The molecule has 2 heterocycles. The number of nitrogens with two attached hydrogens (primary N) is 1. The molecule has 0 spiro atoms. The zero-order valence-electron chi connectivity index (χ0n) is 17.4. The maximum absolute atomic E-state index is 12.4. The minimum atomic E-state index is -0.751. The van der Waals surface area contributed by atoms with Crippen LogP contribution in [0.25, 0.3) is 11.3 Å². The molecule has 8 heteroatoms. The summed E-state index contributed by atoms with van der Waals surface area (Å²) in [7, 11) is 1.76. The van der Waals surface area contributed by atoms with Crippen LogP contribution < -0.4 is 21.1 Å². The van der Waals surface area contributed by atoms with Crippen LogP contribution in [0.4, 0.5) is 11.6 Å². The van der Waals surface area contributed by atoms with Crippen LogP contribution in [0.3, 0.4) is 0 Å². The van der Waals surface area contributed by atoms with Crippen molar-refractivity contribution in [2.24, 2.45) is 5.73 Å². The standard InChI is InChI=1S/C24H22N6O2/c1-26-24-28-15-13-20(30-24)19-8-5-14-27-23(19)32-18-11-9-17(10-12-18)29-22(31)21(25)16-6-3-2-4-7-16/h2-15,21H,25H2,1H3,(H,29,31)(H,26,28,30). The molecule has 160 valence electrons. The highest BCUT2D eigenvalue weighted by atomic mass is 16.5. The zero-order chi connectivity index (χ0) is 22.3. The van der Waals surface area contributed by atoms with Gasteiger partial charge in [0.2, 0.25) is 17.7 Å². The molecule has 2 aromatic carbocycles. The van der Waals surface area contributed by atoms with Crippen molar-refractivity contribution in [3.05, 3.63) is 90.8 Å². The second-order valence-electron chi connectivity index (χ2n) is 6.88. The third kappa shape index (κ3) is 4.88. The third-order valence-electron chi connectivity index (χ3n) is 4.70. The Labute approximate surface area is 185 Å². The zero-order valence-corrected chi connectivity index (χ0v) is 17.4. The lowest BCUT2D eigenvalue weighted by atomic mass is 10.1. The van der Waals surface area contributed by atoms with Crippen molar-refractivity contribution in [3.8, 4) is 22.9 Å². The molecule has 0 aliphatic carbocycles. The van der Waals surface area contributed by atoms with E-state index in [-0.39, 0.29) is 5.91 Å². The Balaban J connectivity index is 1.47. The van der Waals surface area contributed by atoms with Gasteiger partial charge in [-0.25, -0.2) is 15.0 Å². The fourth-order valence-corrected chi connectivity index (χ4v) is 3.05. The molecule has 0 aliphatic rings. The second kappa shape index (κ2) is 9.67. The summed E-state index contributed by atoms with van der Waals surface area (Å²) in [6.07, 6.45) is 3.32. The van der Waals surface area contributed by atoms with E-state index >= 15 is 0 Å². The van der Waals surface area contributed by atoms with Crippen LogP contribution in [-0.4, -0.2) is 27.9 Å². The summed E-state index contributed by atoms with van der Waals surface area (Å²) in [4.78, 5) is 25.4. The fraction of sp³-hybridized carbons (Fsp3) is 0.0833. The number of hydrogen-bond donors (Lipinski definition) is 3. The average molecular weight is 426 g/mol. The molecule has 0 saturated heterocycles. The molecule has 0 bridgehead atoms. The van der Waals surface area contributed by atoms with E-state index in [0.29, 0.717) is 29.0 Å². The summed E-state index contributed by atoms with van der Waals surface area (Å²) in [5, 5.41) is 5.74. The van der Waals surface area contributed by atoms with Gasteiger partial charge in [0.05, 0.1) is 11.3 Å². The van der Waals surface area contributed by atoms with Gasteiger partial charge in [-0.15, -0.1) is 0 Å². The smallest absolute Gasteiger partial charge is 0.245 e. The van der Waals surface area contributed by atoms with Crippen molar-refractivity contribution < 1.29 is 9.53 Å². The summed E-state index contributed by atoms with van der Waals surface area (Å²) >= 11 is 0. The largest absolute Gasteiger partial charge is 0.438 e. The monoisotopic (exact) mass is 426 g/mol. The van der Waals surface area contributed by atoms with Gasteiger partial charge in [-0.3, -0.25) is 4.79 Å². The van der Waals surface area contributed by atoms with Crippen molar-refractivity contribution >= 4 is 17.5 Å². The highest BCUT2D eigenvalue weighted by Crippen LogP contribution is 2.31. The van der Waals surface area contributed by atoms with Crippen molar-refractivity contribution in [2.75, 3.05) is 17.7 Å². The van der Waals surface area contributed by atoms with Gasteiger partial charge in [0.1, 0.15) is 11.8 Å². The quantitative estimate of drug-likeness (QED) is 0.409. The first-order valence-electron chi connectivity index (χ1n) is 9.99. The fourth-order valence-electron chi connectivity index (χ4n) is 3.05. The lowest BCUT2D eigenvalue weighted by Crippen LogP contribution is -2.27. The lowest BCUT2D eigenvalue weighted by molar-refractivity contribution is -0.117. The molecule has 1 atom stereocenters. The van der Waals surface area contributed by atoms with Crippen LogP contribution in [0.2, 0.25) is 0 Å². The van der Waals surface area contributed by atoms with E-state index in [0.717, 1.165) is 11.1 Å². The van der Waals surface area contributed by atoms with E-state index in [1.165, 1.54) is 0 Å². The minimum Gasteiger partial charge on any atom is -0.438 e. The minimum absolute atomic E-state index is 0.291. The van der Waals surface area contributed by atoms with E-state index in [1.807, 2.05) is 42.5 Å². The summed E-state index contributed by atoms with van der Waals surface area (Å²) < 4.78 is 5.98. The van der Waals surface area contributed by atoms with Crippen LogP contribution in [0.15, 0.2) is 85.2 Å². The average Bonchev–Trinajstić information content (AvgIpc) is 2.85. The number of benzene rings is 2. The number of anilines is 2. The van der Waals surface area contributed by atoms with Gasteiger partial charge in [0, 0.05) is 25.1 Å².